The maximum absolute atomic E-state index is 5.89. The van der Waals surface area contributed by atoms with E-state index in [1.54, 1.807) is 7.11 Å². The average Bonchev–Trinajstić information content (AvgIpc) is 2.39. The fraction of sp³-hybridized carbons (Fsp3) is 0.267. The van der Waals surface area contributed by atoms with Crippen LogP contribution in [-0.2, 0) is 4.74 Å². The second-order valence-electron chi connectivity index (χ2n) is 4.40. The lowest BCUT2D eigenvalue weighted by Crippen LogP contribution is -2.18. The van der Waals surface area contributed by atoms with E-state index < -0.39 is 0 Å². The predicted molar refractivity (Wildman–Crippen MR) is 81.8 cm³/mol. The normalized spacial score (nSPS) is 12.3. The Morgan fingerprint density at radius 1 is 1.21 bits per heavy atom. The number of hydrogen-bond acceptors (Lipinski definition) is 3. The Balaban J connectivity index is 2.46. The molecule has 2 aromatic rings. The van der Waals surface area contributed by atoms with Gasteiger partial charge in [-0.25, -0.2) is 0 Å². The number of fused-ring (bicyclic) bond motifs is 1. The first kappa shape index (κ1) is 13.8. The SMILES string of the molecule is COCC(C)Oc1ccc(C(N)=S)c2ccccc12. The summed E-state index contributed by atoms with van der Waals surface area (Å²) < 4.78 is 11.0. The van der Waals surface area contributed by atoms with E-state index in [-0.39, 0.29) is 6.10 Å². The van der Waals surface area contributed by atoms with Crippen LogP contribution < -0.4 is 10.5 Å². The topological polar surface area (TPSA) is 44.5 Å². The maximum atomic E-state index is 5.89. The van der Waals surface area contributed by atoms with Crippen LogP contribution >= 0.6 is 12.2 Å². The van der Waals surface area contributed by atoms with Crippen LogP contribution in [0.2, 0.25) is 0 Å². The molecule has 2 N–H and O–H groups in total. The van der Waals surface area contributed by atoms with Crippen LogP contribution in [0.5, 0.6) is 5.75 Å². The molecule has 2 rings (SSSR count). The summed E-state index contributed by atoms with van der Waals surface area (Å²) in [6.07, 6.45) is -0.0101. The monoisotopic (exact) mass is 275 g/mol. The molecule has 2 aromatic carbocycles. The van der Waals surface area contributed by atoms with E-state index >= 15 is 0 Å². The highest BCUT2D eigenvalue weighted by Gasteiger charge is 2.10. The summed E-state index contributed by atoms with van der Waals surface area (Å²) in [6.45, 7) is 2.52. The number of benzene rings is 2. The molecular formula is C15H17NO2S. The minimum absolute atomic E-state index is 0.0101. The molecule has 19 heavy (non-hydrogen) atoms. The molecule has 0 saturated carbocycles. The van der Waals surface area contributed by atoms with Gasteiger partial charge in [0.05, 0.1) is 6.61 Å². The second-order valence-corrected chi connectivity index (χ2v) is 4.84. The molecule has 0 bridgehead atoms. The van der Waals surface area contributed by atoms with Gasteiger partial charge in [-0.1, -0.05) is 36.5 Å². The van der Waals surface area contributed by atoms with Crippen molar-refractivity contribution in [3.63, 3.8) is 0 Å². The van der Waals surface area contributed by atoms with Crippen LogP contribution in [0, 0.1) is 0 Å². The Morgan fingerprint density at radius 2 is 1.89 bits per heavy atom. The summed E-state index contributed by atoms with van der Waals surface area (Å²) in [5.41, 5.74) is 6.62. The first-order chi connectivity index (χ1) is 9.13. The van der Waals surface area contributed by atoms with Crippen molar-refractivity contribution in [2.24, 2.45) is 5.73 Å². The fourth-order valence-electron chi connectivity index (χ4n) is 2.07. The molecule has 1 atom stereocenters. The minimum atomic E-state index is -0.0101. The van der Waals surface area contributed by atoms with E-state index in [4.69, 9.17) is 27.4 Å². The lowest BCUT2D eigenvalue weighted by molar-refractivity contribution is 0.0931. The van der Waals surface area contributed by atoms with E-state index in [0.717, 1.165) is 22.1 Å². The molecule has 0 radical (unpaired) electrons. The van der Waals surface area contributed by atoms with Gasteiger partial charge < -0.3 is 15.2 Å². The number of nitrogens with two attached hydrogens (primary N) is 1. The van der Waals surface area contributed by atoms with Gasteiger partial charge in [0.2, 0.25) is 0 Å². The maximum Gasteiger partial charge on any atom is 0.127 e. The number of rotatable bonds is 5. The third-order valence-electron chi connectivity index (χ3n) is 2.88. The smallest absolute Gasteiger partial charge is 0.127 e. The summed E-state index contributed by atoms with van der Waals surface area (Å²) >= 11 is 5.08. The molecule has 0 aliphatic heterocycles. The van der Waals surface area contributed by atoms with Crippen molar-refractivity contribution in [2.45, 2.75) is 13.0 Å². The zero-order chi connectivity index (χ0) is 13.8. The highest BCUT2D eigenvalue weighted by molar-refractivity contribution is 7.80. The Hall–Kier alpha value is -1.65. The van der Waals surface area contributed by atoms with E-state index in [1.807, 2.05) is 43.3 Å². The van der Waals surface area contributed by atoms with Crippen LogP contribution in [-0.4, -0.2) is 24.8 Å². The molecular weight excluding hydrogens is 258 g/mol. The van der Waals surface area contributed by atoms with Crippen molar-refractivity contribution in [1.29, 1.82) is 0 Å². The molecule has 0 aliphatic carbocycles. The molecule has 0 spiro atoms. The summed E-state index contributed by atoms with van der Waals surface area (Å²) in [5, 5.41) is 2.02. The summed E-state index contributed by atoms with van der Waals surface area (Å²) in [4.78, 5) is 0.396. The van der Waals surface area contributed by atoms with Crippen molar-refractivity contribution in [3.8, 4) is 5.75 Å². The van der Waals surface area contributed by atoms with Gasteiger partial charge in [-0.05, 0) is 24.4 Å². The number of ether oxygens (including phenoxy) is 2. The van der Waals surface area contributed by atoms with E-state index in [1.165, 1.54) is 0 Å². The molecule has 0 aliphatic rings. The Bertz CT molecular complexity index is 598. The number of methoxy groups -OCH3 is 1. The first-order valence-electron chi connectivity index (χ1n) is 6.10. The van der Waals surface area contributed by atoms with Crippen molar-refractivity contribution < 1.29 is 9.47 Å². The second kappa shape index (κ2) is 5.99. The van der Waals surface area contributed by atoms with Gasteiger partial charge in [0.1, 0.15) is 16.8 Å². The van der Waals surface area contributed by atoms with Gasteiger partial charge in [0, 0.05) is 18.1 Å². The van der Waals surface area contributed by atoms with Crippen molar-refractivity contribution in [2.75, 3.05) is 13.7 Å². The summed E-state index contributed by atoms with van der Waals surface area (Å²) in [7, 11) is 1.66. The molecule has 3 nitrogen and oxygen atoms in total. The molecule has 0 saturated heterocycles. The molecule has 0 aromatic heterocycles. The Labute approximate surface area is 118 Å². The van der Waals surface area contributed by atoms with Gasteiger partial charge in [-0.2, -0.15) is 0 Å². The molecule has 100 valence electrons. The van der Waals surface area contributed by atoms with Crippen LogP contribution in [0.4, 0.5) is 0 Å². The zero-order valence-corrected chi connectivity index (χ0v) is 11.9. The van der Waals surface area contributed by atoms with Crippen molar-refractivity contribution in [1.82, 2.24) is 0 Å². The van der Waals surface area contributed by atoms with Crippen LogP contribution in [0.25, 0.3) is 10.8 Å². The molecule has 0 fully saturated rings. The Kier molecular flexibility index (Phi) is 4.35. The van der Waals surface area contributed by atoms with E-state index in [2.05, 4.69) is 0 Å². The molecule has 0 amide bonds. The third kappa shape index (κ3) is 3.03. The molecule has 0 heterocycles. The minimum Gasteiger partial charge on any atom is -0.488 e. The number of hydrogen-bond donors (Lipinski definition) is 1. The van der Waals surface area contributed by atoms with Gasteiger partial charge in [0.15, 0.2) is 0 Å². The summed E-state index contributed by atoms with van der Waals surface area (Å²) in [5.74, 6) is 0.820. The largest absolute Gasteiger partial charge is 0.488 e. The molecule has 4 heteroatoms. The number of thiocarbonyl (C=S) groups is 1. The van der Waals surface area contributed by atoms with Gasteiger partial charge in [-0.15, -0.1) is 0 Å². The quantitative estimate of drug-likeness (QED) is 0.852. The van der Waals surface area contributed by atoms with Crippen molar-refractivity contribution >= 4 is 28.0 Å². The van der Waals surface area contributed by atoms with Crippen LogP contribution in [0.3, 0.4) is 0 Å². The van der Waals surface area contributed by atoms with Crippen LogP contribution in [0.1, 0.15) is 12.5 Å². The summed E-state index contributed by atoms with van der Waals surface area (Å²) in [6, 6.07) is 11.7. The van der Waals surface area contributed by atoms with E-state index in [9.17, 15) is 0 Å². The zero-order valence-electron chi connectivity index (χ0n) is 11.1. The lowest BCUT2D eigenvalue weighted by Gasteiger charge is -2.16. The van der Waals surface area contributed by atoms with Gasteiger partial charge in [-0.3, -0.25) is 0 Å². The third-order valence-corrected chi connectivity index (χ3v) is 3.10. The Morgan fingerprint density at radius 3 is 2.53 bits per heavy atom. The lowest BCUT2D eigenvalue weighted by atomic mass is 10.0. The van der Waals surface area contributed by atoms with Gasteiger partial charge >= 0.3 is 0 Å². The average molecular weight is 275 g/mol. The van der Waals surface area contributed by atoms with Gasteiger partial charge in [0.25, 0.3) is 0 Å². The highest BCUT2D eigenvalue weighted by Crippen LogP contribution is 2.29. The highest BCUT2D eigenvalue weighted by atomic mass is 32.1. The van der Waals surface area contributed by atoms with Crippen molar-refractivity contribution in [3.05, 3.63) is 42.0 Å². The predicted octanol–water partition coefficient (Wildman–Crippen LogP) is 2.89. The standard InChI is InChI=1S/C15H17NO2S/c1-10(9-17-2)18-14-8-7-13(15(16)19)11-5-3-4-6-12(11)14/h3-8,10H,9H2,1-2H3,(H2,16,19). The van der Waals surface area contributed by atoms with E-state index in [0.29, 0.717) is 11.6 Å². The molecule has 1 unspecified atom stereocenters. The van der Waals surface area contributed by atoms with Crippen LogP contribution in [0.15, 0.2) is 36.4 Å². The fourth-order valence-corrected chi connectivity index (χ4v) is 2.25. The first-order valence-corrected chi connectivity index (χ1v) is 6.51.